The van der Waals surface area contributed by atoms with Gasteiger partial charge in [0.05, 0.1) is 11.4 Å². The standard InChI is InChI=1S/C17H22ClN3/c1-12-10-17(2,3)11-15(12)20-14-9-13(18)5-6-16(14)21-8-4-7-19-21/h4-9,12,15,20H,10-11H2,1-3H3. The van der Waals surface area contributed by atoms with Gasteiger partial charge in [-0.1, -0.05) is 32.4 Å². The molecule has 2 unspecified atom stereocenters. The number of nitrogens with one attached hydrogen (secondary N) is 1. The van der Waals surface area contributed by atoms with E-state index in [1.165, 1.54) is 12.8 Å². The van der Waals surface area contributed by atoms with Gasteiger partial charge in [-0.2, -0.15) is 5.10 Å². The van der Waals surface area contributed by atoms with E-state index in [0.29, 0.717) is 17.4 Å². The largest absolute Gasteiger partial charge is 0.380 e. The number of halogens is 1. The molecule has 4 heteroatoms. The Hall–Kier alpha value is -1.48. The Kier molecular flexibility index (Phi) is 3.70. The summed E-state index contributed by atoms with van der Waals surface area (Å²) in [5.74, 6) is 0.657. The zero-order valence-electron chi connectivity index (χ0n) is 12.8. The molecule has 0 aliphatic heterocycles. The van der Waals surface area contributed by atoms with Crippen molar-refractivity contribution in [3.8, 4) is 5.69 Å². The number of hydrogen-bond acceptors (Lipinski definition) is 2. The zero-order valence-corrected chi connectivity index (χ0v) is 13.6. The van der Waals surface area contributed by atoms with E-state index in [1.807, 2.05) is 35.1 Å². The molecule has 0 amide bonds. The van der Waals surface area contributed by atoms with Crippen LogP contribution in [-0.2, 0) is 0 Å². The Morgan fingerprint density at radius 2 is 2.14 bits per heavy atom. The maximum atomic E-state index is 6.19. The summed E-state index contributed by atoms with van der Waals surface area (Å²) in [7, 11) is 0. The first-order valence-electron chi connectivity index (χ1n) is 7.51. The molecule has 1 aliphatic rings. The lowest BCUT2D eigenvalue weighted by atomic mass is 9.91. The molecule has 0 bridgehead atoms. The molecule has 1 N–H and O–H groups in total. The maximum absolute atomic E-state index is 6.19. The summed E-state index contributed by atoms with van der Waals surface area (Å²) >= 11 is 6.19. The molecule has 21 heavy (non-hydrogen) atoms. The minimum atomic E-state index is 0.404. The third-order valence-electron chi connectivity index (χ3n) is 4.38. The van der Waals surface area contributed by atoms with Crippen LogP contribution in [0.2, 0.25) is 5.02 Å². The zero-order chi connectivity index (χ0) is 15.0. The normalized spacial score (nSPS) is 24.2. The van der Waals surface area contributed by atoms with Crippen LogP contribution in [0.4, 0.5) is 5.69 Å². The first-order chi connectivity index (χ1) is 9.94. The highest BCUT2D eigenvalue weighted by atomic mass is 35.5. The lowest BCUT2D eigenvalue weighted by molar-refractivity contribution is 0.366. The van der Waals surface area contributed by atoms with E-state index < -0.39 is 0 Å². The van der Waals surface area contributed by atoms with Crippen LogP contribution in [0.15, 0.2) is 36.7 Å². The third-order valence-corrected chi connectivity index (χ3v) is 4.62. The summed E-state index contributed by atoms with van der Waals surface area (Å²) in [6, 6.07) is 8.33. The average molecular weight is 304 g/mol. The molecule has 1 saturated carbocycles. The van der Waals surface area contributed by atoms with Crippen molar-refractivity contribution in [1.82, 2.24) is 9.78 Å². The fourth-order valence-corrected chi connectivity index (χ4v) is 3.69. The molecule has 1 aromatic heterocycles. The molecule has 0 radical (unpaired) electrons. The summed E-state index contributed by atoms with van der Waals surface area (Å²) in [6.45, 7) is 7.01. The van der Waals surface area contributed by atoms with E-state index in [2.05, 4.69) is 31.2 Å². The Morgan fingerprint density at radius 3 is 2.76 bits per heavy atom. The van der Waals surface area contributed by atoms with Gasteiger partial charge < -0.3 is 5.32 Å². The Labute approximate surface area is 131 Å². The van der Waals surface area contributed by atoms with Gasteiger partial charge in [-0.15, -0.1) is 0 Å². The molecular weight excluding hydrogens is 282 g/mol. The lowest BCUT2D eigenvalue weighted by Gasteiger charge is -2.22. The molecule has 3 nitrogen and oxygen atoms in total. The van der Waals surface area contributed by atoms with E-state index in [0.717, 1.165) is 16.4 Å². The monoisotopic (exact) mass is 303 g/mol. The highest BCUT2D eigenvalue weighted by Gasteiger charge is 2.36. The quantitative estimate of drug-likeness (QED) is 0.885. The molecular formula is C17H22ClN3. The van der Waals surface area contributed by atoms with Crippen molar-refractivity contribution >= 4 is 17.3 Å². The van der Waals surface area contributed by atoms with Gasteiger partial charge in [0.1, 0.15) is 0 Å². The summed E-state index contributed by atoms with van der Waals surface area (Å²) in [5.41, 5.74) is 2.50. The molecule has 1 aromatic carbocycles. The van der Waals surface area contributed by atoms with Gasteiger partial charge in [-0.05, 0) is 48.4 Å². The van der Waals surface area contributed by atoms with Crippen LogP contribution < -0.4 is 5.32 Å². The van der Waals surface area contributed by atoms with Crippen molar-refractivity contribution in [3.05, 3.63) is 41.7 Å². The van der Waals surface area contributed by atoms with Gasteiger partial charge in [0, 0.05) is 23.5 Å². The first-order valence-corrected chi connectivity index (χ1v) is 7.88. The Morgan fingerprint density at radius 1 is 1.33 bits per heavy atom. The van der Waals surface area contributed by atoms with Crippen LogP contribution in [-0.4, -0.2) is 15.8 Å². The van der Waals surface area contributed by atoms with Crippen LogP contribution in [0.1, 0.15) is 33.6 Å². The van der Waals surface area contributed by atoms with Crippen molar-refractivity contribution in [2.45, 2.75) is 39.7 Å². The van der Waals surface area contributed by atoms with Crippen LogP contribution >= 0.6 is 11.6 Å². The molecule has 1 heterocycles. The van der Waals surface area contributed by atoms with Gasteiger partial charge in [-0.25, -0.2) is 4.68 Å². The SMILES string of the molecule is CC1CC(C)(C)CC1Nc1cc(Cl)ccc1-n1cccn1. The predicted molar refractivity (Wildman–Crippen MR) is 88.2 cm³/mol. The fraction of sp³-hybridized carbons (Fsp3) is 0.471. The van der Waals surface area contributed by atoms with Gasteiger partial charge in [0.25, 0.3) is 0 Å². The van der Waals surface area contributed by atoms with E-state index in [4.69, 9.17) is 11.6 Å². The third kappa shape index (κ3) is 3.08. The summed E-state index contributed by atoms with van der Waals surface area (Å²) in [6.07, 6.45) is 6.18. The van der Waals surface area contributed by atoms with E-state index in [1.54, 1.807) is 6.20 Å². The van der Waals surface area contributed by atoms with Gasteiger partial charge in [0.2, 0.25) is 0 Å². The molecule has 0 spiro atoms. The van der Waals surface area contributed by atoms with Crippen molar-refractivity contribution in [3.63, 3.8) is 0 Å². The van der Waals surface area contributed by atoms with Crippen LogP contribution in [0.25, 0.3) is 5.69 Å². The van der Waals surface area contributed by atoms with Gasteiger partial charge in [-0.3, -0.25) is 0 Å². The number of nitrogens with zero attached hydrogens (tertiary/aromatic N) is 2. The van der Waals surface area contributed by atoms with Crippen molar-refractivity contribution in [2.24, 2.45) is 11.3 Å². The number of benzene rings is 1. The highest BCUT2D eigenvalue weighted by molar-refractivity contribution is 6.31. The number of hydrogen-bond donors (Lipinski definition) is 1. The second kappa shape index (κ2) is 5.38. The van der Waals surface area contributed by atoms with Crippen LogP contribution in [0, 0.1) is 11.3 Å². The van der Waals surface area contributed by atoms with E-state index >= 15 is 0 Å². The maximum Gasteiger partial charge on any atom is 0.0877 e. The van der Waals surface area contributed by atoms with Crippen LogP contribution in [0.5, 0.6) is 0 Å². The summed E-state index contributed by atoms with van der Waals surface area (Å²) < 4.78 is 1.88. The number of anilines is 1. The average Bonchev–Trinajstić information content (AvgIpc) is 2.98. The molecule has 1 fully saturated rings. The van der Waals surface area contributed by atoms with Crippen LogP contribution in [0.3, 0.4) is 0 Å². The Bertz CT molecular complexity index is 619. The lowest BCUT2D eigenvalue weighted by Crippen LogP contribution is -2.23. The molecule has 3 rings (SSSR count). The first kappa shape index (κ1) is 14.5. The minimum absolute atomic E-state index is 0.404. The summed E-state index contributed by atoms with van der Waals surface area (Å²) in [5, 5.41) is 8.78. The molecule has 2 atom stereocenters. The van der Waals surface area contributed by atoms with E-state index in [-0.39, 0.29) is 0 Å². The smallest absolute Gasteiger partial charge is 0.0877 e. The van der Waals surface area contributed by atoms with E-state index in [9.17, 15) is 0 Å². The van der Waals surface area contributed by atoms with Gasteiger partial charge in [0.15, 0.2) is 0 Å². The topological polar surface area (TPSA) is 29.9 Å². The summed E-state index contributed by atoms with van der Waals surface area (Å²) in [4.78, 5) is 0. The molecule has 1 aliphatic carbocycles. The number of aromatic nitrogens is 2. The van der Waals surface area contributed by atoms with Crippen molar-refractivity contribution < 1.29 is 0 Å². The Balaban J connectivity index is 1.90. The molecule has 2 aromatic rings. The van der Waals surface area contributed by atoms with Crippen molar-refractivity contribution in [1.29, 1.82) is 0 Å². The highest BCUT2D eigenvalue weighted by Crippen LogP contribution is 2.42. The fourth-order valence-electron chi connectivity index (χ4n) is 3.52. The molecule has 112 valence electrons. The second-order valence-corrected chi connectivity index (χ2v) is 7.35. The second-order valence-electron chi connectivity index (χ2n) is 6.91. The van der Waals surface area contributed by atoms with Gasteiger partial charge >= 0.3 is 0 Å². The number of rotatable bonds is 3. The molecule has 0 saturated heterocycles. The van der Waals surface area contributed by atoms with Crippen molar-refractivity contribution in [2.75, 3.05) is 5.32 Å². The minimum Gasteiger partial charge on any atom is -0.380 e. The predicted octanol–water partition coefficient (Wildman–Crippen LogP) is 4.76.